The Bertz CT molecular complexity index is 2580. The fourth-order valence-electron chi connectivity index (χ4n) is 9.88. The highest BCUT2D eigenvalue weighted by Crippen LogP contribution is 2.41. The summed E-state index contributed by atoms with van der Waals surface area (Å²) in [6, 6.07) is 14.7. The number of para-hydroxylation sites is 1. The van der Waals surface area contributed by atoms with Crippen molar-refractivity contribution in [3.8, 4) is 5.75 Å². The van der Waals surface area contributed by atoms with Gasteiger partial charge in [0.05, 0.1) is 52.1 Å². The van der Waals surface area contributed by atoms with Gasteiger partial charge >= 0.3 is 6.18 Å². The minimum absolute atomic E-state index is 0.00337. The lowest BCUT2D eigenvalue weighted by atomic mass is 9.87. The van der Waals surface area contributed by atoms with E-state index < -0.39 is 53.1 Å². The molecule has 5 amide bonds. The number of benzene rings is 3. The Hall–Kier alpha value is -6.76. The number of halogens is 4. The Balaban J connectivity index is 0.821. The van der Waals surface area contributed by atoms with Crippen molar-refractivity contribution in [2.24, 2.45) is 5.92 Å². The van der Waals surface area contributed by atoms with Crippen LogP contribution < -0.4 is 35.8 Å². The molecule has 340 valence electrons. The molecule has 3 atom stereocenters. The Morgan fingerprint density at radius 3 is 2.29 bits per heavy atom. The normalized spacial score (nSPS) is 21.4. The smallest absolute Gasteiger partial charge is 0.419 e. The number of hydrogen-bond donors (Lipinski definition) is 4. The first-order valence-corrected chi connectivity index (χ1v) is 21.6. The number of methoxy groups -OCH3 is 1. The third-order valence-electron chi connectivity index (χ3n) is 13.3. The van der Waals surface area contributed by atoms with Crippen LogP contribution in [0.4, 0.5) is 51.8 Å². The molecule has 65 heavy (non-hydrogen) atoms. The first kappa shape index (κ1) is 43.5. The maximum atomic E-state index is 15.8. The molecule has 4 aromatic rings. The van der Waals surface area contributed by atoms with Gasteiger partial charge in [-0.2, -0.15) is 13.2 Å². The number of hydrogen-bond acceptors (Lipinski definition) is 12. The molecule has 6 aliphatic rings. The summed E-state index contributed by atoms with van der Waals surface area (Å²) in [5, 5.41) is 10.6. The van der Waals surface area contributed by atoms with Gasteiger partial charge in [-0.1, -0.05) is 12.1 Å². The zero-order valence-corrected chi connectivity index (χ0v) is 35.6. The first-order valence-electron chi connectivity index (χ1n) is 21.6. The average Bonchev–Trinajstić information content (AvgIpc) is 3.53. The fraction of sp³-hybridized carbons (Fsp3) is 0.391. The highest BCUT2D eigenvalue weighted by atomic mass is 19.4. The molecule has 0 spiro atoms. The summed E-state index contributed by atoms with van der Waals surface area (Å²) in [6.45, 7) is 3.79. The summed E-state index contributed by atoms with van der Waals surface area (Å²) in [6.07, 6.45) is -0.268. The van der Waals surface area contributed by atoms with Crippen LogP contribution in [0.1, 0.15) is 75.2 Å². The van der Waals surface area contributed by atoms with Crippen molar-refractivity contribution in [3.05, 3.63) is 94.9 Å². The van der Waals surface area contributed by atoms with Gasteiger partial charge in [0.25, 0.3) is 17.7 Å². The highest BCUT2D eigenvalue weighted by Gasteiger charge is 2.47. The van der Waals surface area contributed by atoms with Crippen LogP contribution in [0.25, 0.3) is 0 Å². The molecule has 5 fully saturated rings. The molecule has 15 nitrogen and oxygen atoms in total. The minimum atomic E-state index is -4.72. The maximum Gasteiger partial charge on any atom is 0.419 e. The molecular weight excluding hydrogens is 851 g/mol. The maximum absolute atomic E-state index is 15.8. The number of piperazine rings is 1. The zero-order chi connectivity index (χ0) is 45.7. The van der Waals surface area contributed by atoms with Crippen molar-refractivity contribution in [1.82, 2.24) is 25.4 Å². The molecule has 0 radical (unpaired) electrons. The molecular formula is C46H47F4N9O6. The number of alkyl halides is 3. The predicted molar refractivity (Wildman–Crippen MR) is 232 cm³/mol. The number of fused-ring (bicyclic) bond motifs is 4. The second-order valence-corrected chi connectivity index (χ2v) is 17.1. The Kier molecular flexibility index (Phi) is 11.6. The molecule has 1 aromatic heterocycles. The molecule has 3 unspecified atom stereocenters. The molecule has 5 saturated heterocycles. The van der Waals surface area contributed by atoms with Crippen molar-refractivity contribution >= 4 is 63.8 Å². The lowest BCUT2D eigenvalue weighted by Gasteiger charge is -2.53. The van der Waals surface area contributed by atoms with E-state index in [-0.39, 0.29) is 64.5 Å². The topological polar surface area (TPSA) is 169 Å². The summed E-state index contributed by atoms with van der Waals surface area (Å²) in [5.74, 6) is -2.61. The summed E-state index contributed by atoms with van der Waals surface area (Å²) < 4.78 is 63.8. The van der Waals surface area contributed by atoms with Crippen LogP contribution >= 0.6 is 0 Å². The average molecular weight is 898 g/mol. The number of ether oxygens (including phenoxy) is 1. The summed E-state index contributed by atoms with van der Waals surface area (Å²) in [5.41, 5.74) is 0.773. The minimum Gasteiger partial charge on any atom is -0.494 e. The van der Waals surface area contributed by atoms with Crippen LogP contribution in [0.15, 0.2) is 66.9 Å². The van der Waals surface area contributed by atoms with Gasteiger partial charge in [0.2, 0.25) is 11.8 Å². The van der Waals surface area contributed by atoms with E-state index in [0.717, 1.165) is 74.7 Å². The molecule has 0 saturated carbocycles. The van der Waals surface area contributed by atoms with Crippen LogP contribution in [0.5, 0.6) is 5.75 Å². The van der Waals surface area contributed by atoms with Crippen molar-refractivity contribution in [3.63, 3.8) is 0 Å². The lowest BCUT2D eigenvalue weighted by molar-refractivity contribution is -0.137. The van der Waals surface area contributed by atoms with Crippen molar-refractivity contribution in [1.29, 1.82) is 0 Å². The van der Waals surface area contributed by atoms with Crippen LogP contribution in [0, 0.1) is 11.7 Å². The number of pyridine rings is 1. The molecule has 2 bridgehead atoms. The summed E-state index contributed by atoms with van der Waals surface area (Å²) in [4.78, 5) is 75.1. The Morgan fingerprint density at radius 2 is 1.60 bits per heavy atom. The lowest BCUT2D eigenvalue weighted by Crippen LogP contribution is -2.63. The van der Waals surface area contributed by atoms with E-state index in [1.165, 1.54) is 38.4 Å². The molecule has 3 aromatic carbocycles. The van der Waals surface area contributed by atoms with E-state index in [9.17, 15) is 37.1 Å². The summed E-state index contributed by atoms with van der Waals surface area (Å²) in [7, 11) is 2.96. The third kappa shape index (κ3) is 8.40. The zero-order valence-electron chi connectivity index (χ0n) is 35.6. The van der Waals surface area contributed by atoms with Crippen molar-refractivity contribution in [2.45, 2.75) is 62.8 Å². The van der Waals surface area contributed by atoms with Gasteiger partial charge < -0.3 is 30.5 Å². The molecule has 4 N–H and O–H groups in total. The largest absolute Gasteiger partial charge is 0.494 e. The van der Waals surface area contributed by atoms with Gasteiger partial charge in [-0.15, -0.1) is 0 Å². The number of piperidine rings is 4. The molecule has 0 aliphatic carbocycles. The first-order chi connectivity index (χ1) is 31.2. The second kappa shape index (κ2) is 17.3. The highest BCUT2D eigenvalue weighted by molar-refractivity contribution is 6.23. The van der Waals surface area contributed by atoms with Gasteiger partial charge in [-0.25, -0.2) is 9.37 Å². The van der Waals surface area contributed by atoms with E-state index in [0.29, 0.717) is 23.9 Å². The Labute approximate surface area is 371 Å². The van der Waals surface area contributed by atoms with E-state index in [1.807, 2.05) is 17.0 Å². The number of nitrogens with one attached hydrogen (secondary N) is 4. The predicted octanol–water partition coefficient (Wildman–Crippen LogP) is 6.07. The number of imide groups is 2. The molecule has 7 heterocycles. The fourth-order valence-corrected chi connectivity index (χ4v) is 9.88. The molecule has 10 rings (SSSR count). The number of nitrogens with zero attached hydrogens (tertiary/aromatic N) is 5. The quantitative estimate of drug-likeness (QED) is 0.102. The SMILES string of the molecule is CNC(=O)c1ccccc1Nc1cc(Nc2ccc(N3CCC(CN4CC5CCC4CN5c4cc5c(cc4F)C(=O)N(C4CCC(=O)NC4=O)C5=O)CC3)cc2OC)ncc1C(F)(F)F. The number of rotatable bonds is 11. The number of anilines is 6. The van der Waals surface area contributed by atoms with Crippen LogP contribution in [-0.4, -0.2) is 109 Å². The molecule has 19 heteroatoms. The number of aromatic nitrogens is 1. The second-order valence-electron chi connectivity index (χ2n) is 17.1. The van der Waals surface area contributed by atoms with Gasteiger partial charge in [0.15, 0.2) is 0 Å². The Morgan fingerprint density at radius 1 is 0.862 bits per heavy atom. The number of carbonyl (C=O) groups excluding carboxylic acids is 5. The monoisotopic (exact) mass is 897 g/mol. The van der Waals surface area contributed by atoms with Crippen LogP contribution in [0.3, 0.4) is 0 Å². The summed E-state index contributed by atoms with van der Waals surface area (Å²) >= 11 is 0. The molecule has 6 aliphatic heterocycles. The van der Waals surface area contributed by atoms with Crippen molar-refractivity contribution < 1.29 is 46.3 Å². The number of amides is 5. The van der Waals surface area contributed by atoms with E-state index >= 15 is 4.39 Å². The van der Waals surface area contributed by atoms with Crippen LogP contribution in [-0.2, 0) is 15.8 Å². The van der Waals surface area contributed by atoms with Crippen LogP contribution in [0.2, 0.25) is 0 Å². The van der Waals surface area contributed by atoms with Crippen molar-refractivity contribution in [2.75, 3.05) is 67.3 Å². The number of carbonyl (C=O) groups is 5. The van der Waals surface area contributed by atoms with Gasteiger partial charge in [-0.3, -0.25) is 39.1 Å². The standard InChI is InChI=1S/C46H47F4N9O6/c1-51-42(61)29-5-3-4-6-34(29)53-36-20-40(52-21-32(36)46(48,49)50)54-35-10-9-26(17-39(35)65-2)56-15-13-25(14-16-56)22-57-23-28-8-7-27(57)24-58(28)38-19-31-30(18-33(38)47)44(63)59(45(31)64)37-11-12-41(60)55-43(37)62/h3-6,9-10,17-21,25,27-28,37H,7-8,11-16,22-24H2,1-2H3,(H,51,61)(H2,52,53,54)(H,55,60,62). The van der Waals surface area contributed by atoms with Gasteiger partial charge in [-0.05, 0) is 74.4 Å². The van der Waals surface area contributed by atoms with Gasteiger partial charge in [0, 0.05) is 82.3 Å². The van der Waals surface area contributed by atoms with E-state index in [2.05, 4.69) is 36.1 Å². The third-order valence-corrected chi connectivity index (χ3v) is 13.3. The van der Waals surface area contributed by atoms with E-state index in [4.69, 9.17) is 4.74 Å². The van der Waals surface area contributed by atoms with Gasteiger partial charge in [0.1, 0.15) is 23.4 Å². The van der Waals surface area contributed by atoms with E-state index in [1.54, 1.807) is 18.2 Å².